The van der Waals surface area contributed by atoms with Crippen molar-refractivity contribution in [3.63, 3.8) is 0 Å². The number of aryl methyl sites for hydroxylation is 1. The first-order valence-corrected chi connectivity index (χ1v) is 7.75. The molecule has 5 heteroatoms. The summed E-state index contributed by atoms with van der Waals surface area (Å²) >= 11 is 1.69. The second-order valence-electron chi connectivity index (χ2n) is 5.73. The van der Waals surface area contributed by atoms with Gasteiger partial charge in [-0.25, -0.2) is 4.98 Å². The van der Waals surface area contributed by atoms with E-state index >= 15 is 0 Å². The van der Waals surface area contributed by atoms with Crippen molar-refractivity contribution in [3.05, 3.63) is 23.0 Å². The van der Waals surface area contributed by atoms with Crippen molar-refractivity contribution in [2.24, 2.45) is 5.41 Å². The standard InChI is InChI=1S/C14H21N3OS/c1-11-12(17-5-8-19-13(17)16-11)9-15-10-14(2)3-6-18-7-4-14/h5,8,15H,3-4,6-7,9-10H2,1-2H3. The lowest BCUT2D eigenvalue weighted by Crippen LogP contribution is -2.36. The third-order valence-electron chi connectivity index (χ3n) is 4.11. The molecule has 2 aromatic heterocycles. The second kappa shape index (κ2) is 5.23. The number of ether oxygens (including phenoxy) is 1. The summed E-state index contributed by atoms with van der Waals surface area (Å²) in [7, 11) is 0. The zero-order valence-corrected chi connectivity index (χ0v) is 12.4. The number of thiazole rings is 1. The van der Waals surface area contributed by atoms with E-state index in [1.807, 2.05) is 0 Å². The van der Waals surface area contributed by atoms with Gasteiger partial charge < -0.3 is 10.1 Å². The van der Waals surface area contributed by atoms with E-state index in [1.54, 1.807) is 11.3 Å². The van der Waals surface area contributed by atoms with Crippen LogP contribution in [-0.2, 0) is 11.3 Å². The molecule has 0 bridgehead atoms. The van der Waals surface area contributed by atoms with Gasteiger partial charge in [0.15, 0.2) is 4.96 Å². The molecule has 1 aliphatic rings. The molecule has 0 radical (unpaired) electrons. The van der Waals surface area contributed by atoms with Crippen molar-refractivity contribution >= 4 is 16.3 Å². The minimum absolute atomic E-state index is 0.380. The summed E-state index contributed by atoms with van der Waals surface area (Å²) in [6.45, 7) is 8.18. The van der Waals surface area contributed by atoms with Gasteiger partial charge in [0.1, 0.15) is 0 Å². The molecule has 1 aliphatic heterocycles. The quantitative estimate of drug-likeness (QED) is 0.935. The number of rotatable bonds is 4. The van der Waals surface area contributed by atoms with E-state index < -0.39 is 0 Å². The van der Waals surface area contributed by atoms with Crippen LogP contribution in [0.15, 0.2) is 11.6 Å². The molecule has 0 unspecified atom stereocenters. The van der Waals surface area contributed by atoms with Gasteiger partial charge in [0, 0.05) is 37.9 Å². The van der Waals surface area contributed by atoms with Crippen molar-refractivity contribution in [1.29, 1.82) is 0 Å². The van der Waals surface area contributed by atoms with Gasteiger partial charge in [0.2, 0.25) is 0 Å². The van der Waals surface area contributed by atoms with E-state index in [4.69, 9.17) is 4.74 Å². The van der Waals surface area contributed by atoms with Gasteiger partial charge in [-0.15, -0.1) is 11.3 Å². The van der Waals surface area contributed by atoms with E-state index in [0.717, 1.165) is 49.8 Å². The second-order valence-corrected chi connectivity index (χ2v) is 6.60. The number of hydrogen-bond donors (Lipinski definition) is 1. The molecule has 3 rings (SSSR count). The molecule has 0 atom stereocenters. The fourth-order valence-corrected chi connectivity index (χ4v) is 3.46. The van der Waals surface area contributed by atoms with Gasteiger partial charge in [-0.3, -0.25) is 4.40 Å². The third kappa shape index (κ3) is 2.68. The number of aromatic nitrogens is 2. The van der Waals surface area contributed by atoms with Crippen LogP contribution in [0.3, 0.4) is 0 Å². The molecule has 2 aromatic rings. The summed E-state index contributed by atoms with van der Waals surface area (Å²) in [6, 6.07) is 0. The number of imidazole rings is 1. The Kier molecular flexibility index (Phi) is 3.60. The van der Waals surface area contributed by atoms with Gasteiger partial charge in [-0.05, 0) is 25.2 Å². The number of nitrogens with zero attached hydrogens (tertiary/aromatic N) is 2. The summed E-state index contributed by atoms with van der Waals surface area (Å²) in [5, 5.41) is 5.70. The lowest BCUT2D eigenvalue weighted by molar-refractivity contribution is 0.0239. The van der Waals surface area contributed by atoms with Crippen LogP contribution in [0.4, 0.5) is 0 Å². The van der Waals surface area contributed by atoms with Gasteiger partial charge in [-0.2, -0.15) is 0 Å². The Morgan fingerprint density at radius 1 is 1.47 bits per heavy atom. The average Bonchev–Trinajstić information content (AvgIpc) is 2.93. The summed E-state index contributed by atoms with van der Waals surface area (Å²) in [4.78, 5) is 5.67. The SMILES string of the molecule is Cc1nc2sccn2c1CNCC1(C)CCOCC1. The van der Waals surface area contributed by atoms with Crippen LogP contribution in [0.1, 0.15) is 31.2 Å². The minimum Gasteiger partial charge on any atom is -0.381 e. The maximum absolute atomic E-state index is 5.44. The maximum atomic E-state index is 5.44. The summed E-state index contributed by atoms with van der Waals surface area (Å²) in [6.07, 6.45) is 4.41. The molecule has 1 fully saturated rings. The van der Waals surface area contributed by atoms with Crippen LogP contribution in [0.5, 0.6) is 0 Å². The molecular formula is C14H21N3OS. The number of hydrogen-bond acceptors (Lipinski definition) is 4. The summed E-state index contributed by atoms with van der Waals surface area (Å²) < 4.78 is 7.64. The zero-order chi connectivity index (χ0) is 13.3. The van der Waals surface area contributed by atoms with Crippen molar-refractivity contribution in [3.8, 4) is 0 Å². The molecular weight excluding hydrogens is 258 g/mol. The van der Waals surface area contributed by atoms with Gasteiger partial charge in [0.25, 0.3) is 0 Å². The van der Waals surface area contributed by atoms with Gasteiger partial charge in [0.05, 0.1) is 11.4 Å². The highest BCUT2D eigenvalue weighted by molar-refractivity contribution is 7.15. The normalized spacial score (nSPS) is 19.1. The third-order valence-corrected chi connectivity index (χ3v) is 4.86. The molecule has 0 aromatic carbocycles. The van der Waals surface area contributed by atoms with Crippen LogP contribution in [-0.4, -0.2) is 29.1 Å². The molecule has 4 nitrogen and oxygen atoms in total. The molecule has 1 saturated heterocycles. The first-order valence-electron chi connectivity index (χ1n) is 6.87. The predicted octanol–water partition coefficient (Wildman–Crippen LogP) is 2.61. The van der Waals surface area contributed by atoms with Gasteiger partial charge >= 0.3 is 0 Å². The van der Waals surface area contributed by atoms with Crippen molar-refractivity contribution in [2.75, 3.05) is 19.8 Å². The molecule has 1 N–H and O–H groups in total. The van der Waals surface area contributed by atoms with E-state index in [9.17, 15) is 0 Å². The fourth-order valence-electron chi connectivity index (χ4n) is 2.68. The Hall–Kier alpha value is -0.910. The molecule has 0 saturated carbocycles. The molecule has 104 valence electrons. The van der Waals surface area contributed by atoms with Crippen LogP contribution < -0.4 is 5.32 Å². The fraction of sp³-hybridized carbons (Fsp3) is 0.643. The Labute approximate surface area is 117 Å². The van der Waals surface area contributed by atoms with E-state index in [1.165, 1.54) is 5.69 Å². The highest BCUT2D eigenvalue weighted by Gasteiger charge is 2.26. The zero-order valence-electron chi connectivity index (χ0n) is 11.6. The molecule has 0 aliphatic carbocycles. The first-order chi connectivity index (χ1) is 9.18. The number of nitrogens with one attached hydrogen (secondary N) is 1. The van der Waals surface area contributed by atoms with Crippen molar-refractivity contribution < 1.29 is 4.74 Å². The molecule has 0 spiro atoms. The average molecular weight is 279 g/mol. The lowest BCUT2D eigenvalue weighted by Gasteiger charge is -2.33. The molecule has 0 amide bonds. The Bertz CT molecular complexity index is 554. The maximum Gasteiger partial charge on any atom is 0.194 e. The van der Waals surface area contributed by atoms with E-state index in [-0.39, 0.29) is 0 Å². The Balaban J connectivity index is 1.63. The Morgan fingerprint density at radius 3 is 3.05 bits per heavy atom. The van der Waals surface area contributed by atoms with Crippen LogP contribution in [0, 0.1) is 12.3 Å². The van der Waals surface area contributed by atoms with Crippen molar-refractivity contribution in [2.45, 2.75) is 33.2 Å². The van der Waals surface area contributed by atoms with Crippen LogP contribution in [0.25, 0.3) is 4.96 Å². The summed E-state index contributed by atoms with van der Waals surface area (Å²) in [5.74, 6) is 0. The first kappa shape index (κ1) is 13.1. The van der Waals surface area contributed by atoms with Crippen molar-refractivity contribution in [1.82, 2.24) is 14.7 Å². The largest absolute Gasteiger partial charge is 0.381 e. The predicted molar refractivity (Wildman–Crippen MR) is 77.7 cm³/mol. The highest BCUT2D eigenvalue weighted by atomic mass is 32.1. The van der Waals surface area contributed by atoms with Crippen LogP contribution in [0.2, 0.25) is 0 Å². The minimum atomic E-state index is 0.380. The smallest absolute Gasteiger partial charge is 0.194 e. The highest BCUT2D eigenvalue weighted by Crippen LogP contribution is 2.28. The molecule has 3 heterocycles. The summed E-state index contributed by atoms with van der Waals surface area (Å²) in [5.41, 5.74) is 2.80. The molecule has 19 heavy (non-hydrogen) atoms. The monoisotopic (exact) mass is 279 g/mol. The lowest BCUT2D eigenvalue weighted by atomic mass is 9.82. The number of fused-ring (bicyclic) bond motifs is 1. The van der Waals surface area contributed by atoms with E-state index in [2.05, 4.69) is 40.1 Å². The van der Waals surface area contributed by atoms with Crippen LogP contribution >= 0.6 is 11.3 Å². The van der Waals surface area contributed by atoms with E-state index in [0.29, 0.717) is 5.41 Å². The van der Waals surface area contributed by atoms with Gasteiger partial charge in [-0.1, -0.05) is 6.92 Å². The Morgan fingerprint density at radius 2 is 2.26 bits per heavy atom. The topological polar surface area (TPSA) is 38.6 Å².